The molecule has 0 fully saturated rings. The van der Waals surface area contributed by atoms with Gasteiger partial charge in [0.2, 0.25) is 0 Å². The van der Waals surface area contributed by atoms with Crippen molar-refractivity contribution in [1.82, 2.24) is 0 Å². The second kappa shape index (κ2) is 4.62. The van der Waals surface area contributed by atoms with Gasteiger partial charge in [-0.3, -0.25) is 0 Å². The highest BCUT2D eigenvalue weighted by molar-refractivity contribution is 5.15. The SMILES string of the molecule is COCc1ccc(C(C)(C)CCN)o1. The third-order valence-corrected chi connectivity index (χ3v) is 2.38. The van der Waals surface area contributed by atoms with Gasteiger partial charge in [0.05, 0.1) is 0 Å². The smallest absolute Gasteiger partial charge is 0.129 e. The maximum absolute atomic E-state index is 5.66. The van der Waals surface area contributed by atoms with Crippen LogP contribution in [0, 0.1) is 0 Å². The Bertz CT molecular complexity index is 279. The second-order valence-electron chi connectivity index (χ2n) is 4.12. The minimum absolute atomic E-state index is 0.0146. The van der Waals surface area contributed by atoms with Gasteiger partial charge in [-0.2, -0.15) is 0 Å². The summed E-state index contributed by atoms with van der Waals surface area (Å²) in [6.45, 7) is 5.47. The van der Waals surface area contributed by atoms with Crippen LogP contribution in [0.3, 0.4) is 0 Å². The zero-order valence-electron chi connectivity index (χ0n) is 9.17. The van der Waals surface area contributed by atoms with Crippen molar-refractivity contribution in [2.75, 3.05) is 13.7 Å². The molecule has 80 valence electrons. The van der Waals surface area contributed by atoms with Crippen LogP contribution in [0.25, 0.3) is 0 Å². The molecule has 0 aliphatic rings. The zero-order chi connectivity index (χ0) is 10.6. The van der Waals surface area contributed by atoms with E-state index < -0.39 is 0 Å². The predicted octanol–water partition coefficient (Wildman–Crippen LogP) is 2.05. The molecule has 1 aromatic heterocycles. The molecule has 1 heterocycles. The number of furan rings is 1. The highest BCUT2D eigenvalue weighted by Gasteiger charge is 2.23. The molecular formula is C11H19NO2. The Morgan fingerprint density at radius 3 is 2.71 bits per heavy atom. The second-order valence-corrected chi connectivity index (χ2v) is 4.12. The van der Waals surface area contributed by atoms with E-state index in [2.05, 4.69) is 13.8 Å². The van der Waals surface area contributed by atoms with Crippen molar-refractivity contribution in [3.8, 4) is 0 Å². The van der Waals surface area contributed by atoms with Crippen LogP contribution in [0.2, 0.25) is 0 Å². The standard InChI is InChI=1S/C11H19NO2/c1-11(2,6-7-12)10-5-4-9(14-10)8-13-3/h4-5H,6-8,12H2,1-3H3. The van der Waals surface area contributed by atoms with Crippen molar-refractivity contribution < 1.29 is 9.15 Å². The number of rotatable bonds is 5. The molecule has 0 aliphatic carbocycles. The number of hydrogen-bond acceptors (Lipinski definition) is 3. The maximum atomic E-state index is 5.66. The lowest BCUT2D eigenvalue weighted by Crippen LogP contribution is -2.20. The molecule has 0 amide bonds. The van der Waals surface area contributed by atoms with Crippen molar-refractivity contribution in [1.29, 1.82) is 0 Å². The van der Waals surface area contributed by atoms with E-state index in [1.807, 2.05) is 12.1 Å². The van der Waals surface area contributed by atoms with Crippen molar-refractivity contribution in [2.24, 2.45) is 5.73 Å². The number of ether oxygens (including phenoxy) is 1. The predicted molar refractivity (Wildman–Crippen MR) is 56.1 cm³/mol. The lowest BCUT2D eigenvalue weighted by molar-refractivity contribution is 0.160. The van der Waals surface area contributed by atoms with Crippen molar-refractivity contribution in [3.05, 3.63) is 23.7 Å². The van der Waals surface area contributed by atoms with E-state index in [1.165, 1.54) is 0 Å². The molecule has 0 saturated heterocycles. The minimum Gasteiger partial charge on any atom is -0.463 e. The van der Waals surface area contributed by atoms with Gasteiger partial charge >= 0.3 is 0 Å². The van der Waals surface area contributed by atoms with Gasteiger partial charge < -0.3 is 14.9 Å². The molecule has 0 radical (unpaired) electrons. The van der Waals surface area contributed by atoms with Crippen LogP contribution >= 0.6 is 0 Å². The van der Waals surface area contributed by atoms with Crippen LogP contribution in [0.1, 0.15) is 31.8 Å². The van der Waals surface area contributed by atoms with Crippen LogP contribution < -0.4 is 5.73 Å². The average Bonchev–Trinajstić information content (AvgIpc) is 2.54. The molecule has 0 saturated carbocycles. The van der Waals surface area contributed by atoms with E-state index in [-0.39, 0.29) is 5.41 Å². The molecular weight excluding hydrogens is 178 g/mol. The molecule has 14 heavy (non-hydrogen) atoms. The third-order valence-electron chi connectivity index (χ3n) is 2.38. The van der Waals surface area contributed by atoms with Crippen LogP contribution in [-0.2, 0) is 16.8 Å². The first-order valence-corrected chi connectivity index (χ1v) is 4.88. The first-order valence-electron chi connectivity index (χ1n) is 4.88. The Morgan fingerprint density at radius 2 is 2.14 bits per heavy atom. The Morgan fingerprint density at radius 1 is 1.43 bits per heavy atom. The van der Waals surface area contributed by atoms with Crippen molar-refractivity contribution in [2.45, 2.75) is 32.3 Å². The first-order chi connectivity index (χ1) is 6.60. The largest absolute Gasteiger partial charge is 0.463 e. The summed E-state index contributed by atoms with van der Waals surface area (Å²) in [6, 6.07) is 3.96. The third kappa shape index (κ3) is 2.59. The van der Waals surface area contributed by atoms with E-state index in [9.17, 15) is 0 Å². The molecule has 0 atom stereocenters. The quantitative estimate of drug-likeness (QED) is 0.786. The highest BCUT2D eigenvalue weighted by atomic mass is 16.5. The molecule has 1 aromatic rings. The fourth-order valence-electron chi connectivity index (χ4n) is 1.45. The summed E-state index contributed by atoms with van der Waals surface area (Å²) >= 11 is 0. The molecule has 1 rings (SSSR count). The number of nitrogens with two attached hydrogens (primary N) is 1. The topological polar surface area (TPSA) is 48.4 Å². The Balaban J connectivity index is 2.74. The summed E-state index contributed by atoms with van der Waals surface area (Å²) in [5.74, 6) is 1.85. The molecule has 2 N–H and O–H groups in total. The molecule has 3 heteroatoms. The lowest BCUT2D eigenvalue weighted by Gasteiger charge is -2.20. The van der Waals surface area contributed by atoms with Crippen molar-refractivity contribution >= 4 is 0 Å². The van der Waals surface area contributed by atoms with Gasteiger partial charge in [-0.1, -0.05) is 13.8 Å². The van der Waals surface area contributed by atoms with Gasteiger partial charge in [0.25, 0.3) is 0 Å². The normalized spacial score (nSPS) is 12.0. The summed E-state index contributed by atoms with van der Waals surface area (Å²) in [6.07, 6.45) is 0.924. The van der Waals surface area contributed by atoms with Gasteiger partial charge in [-0.25, -0.2) is 0 Å². The summed E-state index contributed by atoms with van der Waals surface area (Å²) in [7, 11) is 1.66. The van der Waals surface area contributed by atoms with Gasteiger partial charge in [0, 0.05) is 12.5 Å². The lowest BCUT2D eigenvalue weighted by atomic mass is 9.87. The summed E-state index contributed by atoms with van der Waals surface area (Å²) in [4.78, 5) is 0. The van der Waals surface area contributed by atoms with Gasteiger partial charge in [-0.15, -0.1) is 0 Å². The summed E-state index contributed by atoms with van der Waals surface area (Å²) in [5.41, 5.74) is 5.57. The van der Waals surface area contributed by atoms with E-state index in [0.717, 1.165) is 17.9 Å². The fourth-order valence-corrected chi connectivity index (χ4v) is 1.45. The summed E-state index contributed by atoms with van der Waals surface area (Å²) in [5, 5.41) is 0. The molecule has 0 spiro atoms. The van der Waals surface area contributed by atoms with E-state index in [4.69, 9.17) is 14.9 Å². The van der Waals surface area contributed by atoms with Crippen LogP contribution in [-0.4, -0.2) is 13.7 Å². The Kier molecular flexibility index (Phi) is 3.72. The Labute approximate surface area is 85.2 Å². The van der Waals surface area contributed by atoms with Gasteiger partial charge in [0.15, 0.2) is 0 Å². The number of hydrogen-bond donors (Lipinski definition) is 1. The Hall–Kier alpha value is -0.800. The molecule has 0 aliphatic heterocycles. The molecule has 0 bridgehead atoms. The van der Waals surface area contributed by atoms with Gasteiger partial charge in [0.1, 0.15) is 18.1 Å². The first kappa shape index (κ1) is 11.3. The highest BCUT2D eigenvalue weighted by Crippen LogP contribution is 2.28. The minimum atomic E-state index is 0.0146. The molecule has 0 aromatic carbocycles. The summed E-state index contributed by atoms with van der Waals surface area (Å²) < 4.78 is 10.7. The van der Waals surface area contributed by atoms with E-state index >= 15 is 0 Å². The zero-order valence-corrected chi connectivity index (χ0v) is 9.17. The van der Waals surface area contributed by atoms with E-state index in [1.54, 1.807) is 7.11 Å². The van der Waals surface area contributed by atoms with Gasteiger partial charge in [-0.05, 0) is 25.1 Å². The maximum Gasteiger partial charge on any atom is 0.129 e. The van der Waals surface area contributed by atoms with Crippen LogP contribution in [0.15, 0.2) is 16.5 Å². The fraction of sp³-hybridized carbons (Fsp3) is 0.636. The molecule has 0 unspecified atom stereocenters. The number of methoxy groups -OCH3 is 1. The van der Waals surface area contributed by atoms with E-state index in [0.29, 0.717) is 13.2 Å². The van der Waals surface area contributed by atoms with Crippen LogP contribution in [0.5, 0.6) is 0 Å². The van der Waals surface area contributed by atoms with Crippen molar-refractivity contribution in [3.63, 3.8) is 0 Å². The monoisotopic (exact) mass is 197 g/mol. The average molecular weight is 197 g/mol. The molecule has 3 nitrogen and oxygen atoms in total. The van der Waals surface area contributed by atoms with Crippen LogP contribution in [0.4, 0.5) is 0 Å².